The monoisotopic (exact) mass is 594 g/mol. The molecule has 0 spiro atoms. The maximum Gasteiger partial charge on any atom is 0.274 e. The number of rotatable bonds is 8. The number of benzene rings is 3. The van der Waals surface area contributed by atoms with Gasteiger partial charge in [0.1, 0.15) is 5.82 Å². The zero-order valence-corrected chi connectivity index (χ0v) is 23.6. The van der Waals surface area contributed by atoms with Gasteiger partial charge in [-0.3, -0.25) is 9.11 Å². The van der Waals surface area contributed by atoms with Gasteiger partial charge in [0.2, 0.25) is 5.96 Å². The van der Waals surface area contributed by atoms with Gasteiger partial charge in [0.25, 0.3) is 10.2 Å². The number of hydrazone groups is 1. The standard InChI is InChI=1S/C25H26ClFN6O2S2.CH3F/c1-17(32-37(28,34)35)15-29-25(31-36-22-13-9-20(26)10-14-22)33-16-23(18-5-3-2-4-6-18)24(30-33)19-7-11-21(27)12-8-19;1-2/h2-14,17,23,32H,15-16H2,1H3,(H,29,31)(H2,28,34,35);1H3. The first-order valence-corrected chi connectivity index (χ1v) is 14.5. The van der Waals surface area contributed by atoms with Crippen molar-refractivity contribution < 1.29 is 17.2 Å². The molecule has 2 atom stereocenters. The first-order chi connectivity index (χ1) is 18.7. The van der Waals surface area contributed by atoms with Crippen LogP contribution in [0.4, 0.5) is 8.78 Å². The molecule has 1 aliphatic rings. The first-order valence-electron chi connectivity index (χ1n) is 11.8. The highest BCUT2D eigenvalue weighted by molar-refractivity contribution is 7.98. The predicted molar refractivity (Wildman–Crippen MR) is 154 cm³/mol. The second-order valence-corrected chi connectivity index (χ2v) is 11.1. The van der Waals surface area contributed by atoms with E-state index in [0.717, 1.165) is 21.7 Å². The van der Waals surface area contributed by atoms with Crippen LogP contribution in [-0.2, 0) is 10.2 Å². The van der Waals surface area contributed by atoms with E-state index in [-0.39, 0.29) is 18.3 Å². The van der Waals surface area contributed by atoms with Gasteiger partial charge in [-0.2, -0.15) is 18.2 Å². The summed E-state index contributed by atoms with van der Waals surface area (Å²) in [5, 5.41) is 12.3. The number of aliphatic imine (C=N–C) groups is 1. The Bertz CT molecular complexity index is 1380. The highest BCUT2D eigenvalue weighted by Crippen LogP contribution is 2.29. The van der Waals surface area contributed by atoms with Crippen LogP contribution in [0.1, 0.15) is 24.0 Å². The summed E-state index contributed by atoms with van der Waals surface area (Å²) < 4.78 is 51.6. The molecule has 0 radical (unpaired) electrons. The summed E-state index contributed by atoms with van der Waals surface area (Å²) in [7, 11) is -3.37. The van der Waals surface area contributed by atoms with E-state index in [4.69, 9.17) is 21.8 Å². The zero-order chi connectivity index (χ0) is 28.4. The Balaban J connectivity index is 0.00000205. The van der Waals surface area contributed by atoms with Gasteiger partial charge in [0.05, 0.1) is 26.0 Å². The molecule has 0 bridgehead atoms. The fraction of sp³-hybridized carbons (Fsp3) is 0.231. The van der Waals surface area contributed by atoms with Crippen molar-refractivity contribution in [3.63, 3.8) is 0 Å². The van der Waals surface area contributed by atoms with Gasteiger partial charge in [-0.15, -0.1) is 0 Å². The Kier molecular flexibility index (Phi) is 11.3. The van der Waals surface area contributed by atoms with E-state index >= 15 is 0 Å². The van der Waals surface area contributed by atoms with Crippen LogP contribution in [0, 0.1) is 5.82 Å². The number of nitrogens with one attached hydrogen (secondary N) is 2. The van der Waals surface area contributed by atoms with Gasteiger partial charge < -0.3 is 0 Å². The number of alkyl halides is 1. The maximum absolute atomic E-state index is 13.6. The van der Waals surface area contributed by atoms with E-state index in [1.807, 2.05) is 42.5 Å². The number of guanidine groups is 1. The smallest absolute Gasteiger partial charge is 0.274 e. The van der Waals surface area contributed by atoms with Crippen molar-refractivity contribution in [2.24, 2.45) is 15.2 Å². The molecule has 0 aliphatic carbocycles. The number of hydrogen-bond acceptors (Lipinski definition) is 5. The summed E-state index contributed by atoms with van der Waals surface area (Å²) in [5.41, 5.74) is 2.63. The fourth-order valence-electron chi connectivity index (χ4n) is 3.78. The van der Waals surface area contributed by atoms with Crippen molar-refractivity contribution in [1.82, 2.24) is 14.5 Å². The lowest BCUT2D eigenvalue weighted by Crippen LogP contribution is -2.40. The fourth-order valence-corrected chi connectivity index (χ4v) is 5.19. The molecule has 0 fully saturated rings. The largest absolute Gasteiger partial charge is 0.295 e. The molecule has 3 aromatic carbocycles. The van der Waals surface area contributed by atoms with Gasteiger partial charge >= 0.3 is 0 Å². The van der Waals surface area contributed by atoms with Crippen molar-refractivity contribution in [2.75, 3.05) is 20.3 Å². The zero-order valence-electron chi connectivity index (χ0n) is 21.3. The van der Waals surface area contributed by atoms with E-state index < -0.39 is 16.3 Å². The van der Waals surface area contributed by atoms with Crippen LogP contribution in [0.5, 0.6) is 0 Å². The maximum atomic E-state index is 13.6. The number of nitrogens with two attached hydrogens (primary N) is 1. The minimum Gasteiger partial charge on any atom is -0.295 e. The van der Waals surface area contributed by atoms with E-state index in [1.165, 1.54) is 24.1 Å². The Morgan fingerprint density at radius 2 is 1.77 bits per heavy atom. The molecule has 13 heteroatoms. The lowest BCUT2D eigenvalue weighted by atomic mass is 9.91. The number of nitrogens with zero attached hydrogens (tertiary/aromatic N) is 3. The minimum absolute atomic E-state index is 0.0980. The lowest BCUT2D eigenvalue weighted by molar-refractivity contribution is 0.462. The summed E-state index contributed by atoms with van der Waals surface area (Å²) in [6.45, 7) is 2.26. The van der Waals surface area contributed by atoms with Crippen LogP contribution in [0.3, 0.4) is 0 Å². The van der Waals surface area contributed by atoms with Crippen molar-refractivity contribution in [1.29, 1.82) is 0 Å². The third-order valence-electron chi connectivity index (χ3n) is 5.45. The molecular formula is C26H29ClF2N6O2S2. The molecule has 1 aliphatic heterocycles. The van der Waals surface area contributed by atoms with Gasteiger partial charge in [-0.05, 0) is 66.4 Å². The molecule has 0 amide bonds. The third-order valence-corrected chi connectivity index (χ3v) is 7.23. The second kappa shape index (κ2) is 14.4. The highest BCUT2D eigenvalue weighted by atomic mass is 35.5. The van der Waals surface area contributed by atoms with Crippen molar-refractivity contribution in [3.05, 3.63) is 101 Å². The van der Waals surface area contributed by atoms with E-state index in [0.29, 0.717) is 24.7 Å². The molecule has 0 saturated carbocycles. The van der Waals surface area contributed by atoms with Crippen LogP contribution in [0.15, 0.2) is 93.9 Å². The Morgan fingerprint density at radius 3 is 2.38 bits per heavy atom. The van der Waals surface area contributed by atoms with Crippen molar-refractivity contribution in [2.45, 2.75) is 23.8 Å². The lowest BCUT2D eigenvalue weighted by Gasteiger charge is -2.20. The van der Waals surface area contributed by atoms with Gasteiger partial charge in [-0.1, -0.05) is 54.1 Å². The molecule has 8 nitrogen and oxygen atoms in total. The molecule has 4 rings (SSSR count). The molecule has 39 heavy (non-hydrogen) atoms. The Morgan fingerprint density at radius 1 is 1.13 bits per heavy atom. The summed E-state index contributed by atoms with van der Waals surface area (Å²) in [5.74, 6) is 0.00955. The van der Waals surface area contributed by atoms with Crippen LogP contribution < -0.4 is 14.6 Å². The van der Waals surface area contributed by atoms with Crippen LogP contribution in [-0.4, -0.2) is 51.4 Å². The predicted octanol–water partition coefficient (Wildman–Crippen LogP) is 4.70. The average molecular weight is 595 g/mol. The second-order valence-electron chi connectivity index (χ2n) is 8.42. The van der Waals surface area contributed by atoms with Gasteiger partial charge in [0.15, 0.2) is 0 Å². The SMILES string of the molecule is CC(CN=C(NSc1ccc(Cl)cc1)N1CC(c2ccccc2)C(c2ccc(F)cc2)=N1)NS(N)(=O)=O.CF. The number of hydrogen-bond donors (Lipinski definition) is 3. The molecule has 208 valence electrons. The molecule has 1 heterocycles. The highest BCUT2D eigenvalue weighted by Gasteiger charge is 2.31. The third kappa shape index (κ3) is 9.29. The quantitative estimate of drug-likeness (QED) is 0.199. The molecule has 4 N–H and O–H groups in total. The molecule has 3 aromatic rings. The van der Waals surface area contributed by atoms with E-state index in [2.05, 4.69) is 14.4 Å². The van der Waals surface area contributed by atoms with Gasteiger partial charge in [0, 0.05) is 21.9 Å². The normalized spacial score (nSPS) is 16.3. The van der Waals surface area contributed by atoms with Crippen molar-refractivity contribution in [3.8, 4) is 0 Å². The minimum atomic E-state index is -3.87. The van der Waals surface area contributed by atoms with Crippen LogP contribution in [0.2, 0.25) is 5.02 Å². The molecular weight excluding hydrogens is 566 g/mol. The topological polar surface area (TPSA) is 112 Å². The van der Waals surface area contributed by atoms with Crippen molar-refractivity contribution >= 4 is 45.4 Å². The molecule has 0 saturated heterocycles. The van der Waals surface area contributed by atoms with Crippen LogP contribution >= 0.6 is 23.5 Å². The first kappa shape index (κ1) is 30.5. The van der Waals surface area contributed by atoms with E-state index in [1.54, 1.807) is 36.2 Å². The summed E-state index contributed by atoms with van der Waals surface area (Å²) >= 11 is 7.33. The number of halogens is 3. The Hall–Kier alpha value is -3.03. The summed E-state index contributed by atoms with van der Waals surface area (Å²) in [4.78, 5) is 5.53. The van der Waals surface area contributed by atoms with Gasteiger partial charge in [-0.25, -0.2) is 19.5 Å². The molecule has 0 aromatic heterocycles. The molecule has 2 unspecified atom stereocenters. The summed E-state index contributed by atoms with van der Waals surface area (Å²) in [6.07, 6.45) is 0. The van der Waals surface area contributed by atoms with Crippen LogP contribution in [0.25, 0.3) is 0 Å². The Labute approximate surface area is 236 Å². The average Bonchev–Trinajstić information content (AvgIpc) is 3.36. The summed E-state index contributed by atoms with van der Waals surface area (Å²) in [6, 6.07) is 22.9. The van der Waals surface area contributed by atoms with E-state index in [9.17, 15) is 17.2 Å².